The minimum Gasteiger partial charge on any atom is -0.507 e. The van der Waals surface area contributed by atoms with Gasteiger partial charge in [-0.3, -0.25) is 0 Å². The zero-order valence-electron chi connectivity index (χ0n) is 13.6. The van der Waals surface area contributed by atoms with Gasteiger partial charge in [0.2, 0.25) is 0 Å². The summed E-state index contributed by atoms with van der Waals surface area (Å²) in [6.07, 6.45) is 2.93. The number of benzene rings is 1. The van der Waals surface area contributed by atoms with Gasteiger partial charge in [-0.1, -0.05) is 15.9 Å². The smallest absolute Gasteiger partial charge is 0.343 e. The summed E-state index contributed by atoms with van der Waals surface area (Å²) in [6, 6.07) is 3.89. The van der Waals surface area contributed by atoms with Crippen LogP contribution in [0.5, 0.6) is 0 Å². The van der Waals surface area contributed by atoms with E-state index in [9.17, 15) is 9.90 Å². The molecule has 0 unspecified atom stereocenters. The highest BCUT2D eigenvalue weighted by Gasteiger charge is 2.50. The van der Waals surface area contributed by atoms with Gasteiger partial charge in [0.1, 0.15) is 5.57 Å². The summed E-state index contributed by atoms with van der Waals surface area (Å²) in [5.41, 5.74) is 2.15. The minimum absolute atomic E-state index is 0.0851. The van der Waals surface area contributed by atoms with Gasteiger partial charge in [-0.2, -0.15) is 0 Å². The molecule has 1 spiro atoms. The molecule has 0 aromatic heterocycles. The zero-order chi connectivity index (χ0) is 16.8. The van der Waals surface area contributed by atoms with Crippen LogP contribution in [0.25, 0.3) is 5.57 Å². The summed E-state index contributed by atoms with van der Waals surface area (Å²) in [5, 5.41) is 10.8. The number of hydrogen-bond donors (Lipinski definition) is 1. The molecule has 124 valence electrons. The predicted molar refractivity (Wildman–Crippen MR) is 91.3 cm³/mol. The topological polar surface area (TPSA) is 55.8 Å². The highest BCUT2D eigenvalue weighted by atomic mass is 79.9. The largest absolute Gasteiger partial charge is 0.507 e. The summed E-state index contributed by atoms with van der Waals surface area (Å²) in [7, 11) is 1.69. The summed E-state index contributed by atoms with van der Waals surface area (Å²) in [4.78, 5) is 12.5. The summed E-state index contributed by atoms with van der Waals surface area (Å²) in [6.45, 7) is 3.89. The second-order valence-electron chi connectivity index (χ2n) is 6.46. The first-order valence-corrected chi connectivity index (χ1v) is 8.64. The molecule has 0 atom stereocenters. The Bertz CT molecular complexity index is 685. The molecule has 1 aromatic carbocycles. The fraction of sp³-hybridized carbons (Fsp3) is 0.500. The van der Waals surface area contributed by atoms with Crippen LogP contribution >= 0.6 is 15.9 Å². The second kappa shape index (κ2) is 5.95. The predicted octanol–water partition coefficient (Wildman–Crippen LogP) is 4.22. The Hall–Kier alpha value is -1.33. The van der Waals surface area contributed by atoms with E-state index in [0.717, 1.165) is 34.0 Å². The van der Waals surface area contributed by atoms with Gasteiger partial charge in [-0.05, 0) is 68.4 Å². The number of halogens is 1. The average molecular weight is 381 g/mol. The van der Waals surface area contributed by atoms with Crippen LogP contribution in [0.2, 0.25) is 0 Å². The fourth-order valence-corrected chi connectivity index (χ4v) is 3.98. The van der Waals surface area contributed by atoms with Crippen molar-refractivity contribution in [1.82, 2.24) is 0 Å². The molecular weight excluding hydrogens is 360 g/mol. The molecule has 0 bridgehead atoms. The van der Waals surface area contributed by atoms with Crippen molar-refractivity contribution in [3.8, 4) is 0 Å². The first-order valence-electron chi connectivity index (χ1n) is 7.85. The molecule has 5 heteroatoms. The number of aliphatic hydroxyl groups is 1. The van der Waals surface area contributed by atoms with E-state index in [4.69, 9.17) is 9.47 Å². The maximum Gasteiger partial charge on any atom is 0.343 e. The highest BCUT2D eigenvalue weighted by Crippen LogP contribution is 2.46. The van der Waals surface area contributed by atoms with Crippen molar-refractivity contribution in [2.24, 2.45) is 0 Å². The number of aliphatic hydroxyl groups excluding tert-OH is 1. The van der Waals surface area contributed by atoms with Gasteiger partial charge in [0.25, 0.3) is 0 Å². The molecule has 1 N–H and O–H groups in total. The van der Waals surface area contributed by atoms with E-state index in [-0.39, 0.29) is 11.9 Å². The van der Waals surface area contributed by atoms with Crippen molar-refractivity contribution >= 4 is 27.5 Å². The lowest BCUT2D eigenvalue weighted by atomic mass is 9.81. The van der Waals surface area contributed by atoms with Gasteiger partial charge in [-0.15, -0.1) is 0 Å². The summed E-state index contributed by atoms with van der Waals surface area (Å²) in [5.74, 6) is -0.343. The normalized spacial score (nSPS) is 27.7. The molecule has 4 nitrogen and oxygen atoms in total. The minimum atomic E-state index is -0.866. The van der Waals surface area contributed by atoms with Crippen LogP contribution in [0.1, 0.15) is 42.4 Å². The van der Waals surface area contributed by atoms with Crippen molar-refractivity contribution in [1.29, 1.82) is 0 Å². The van der Waals surface area contributed by atoms with Crippen LogP contribution in [0, 0.1) is 13.8 Å². The molecule has 1 heterocycles. The van der Waals surface area contributed by atoms with Crippen LogP contribution in [0.15, 0.2) is 22.4 Å². The monoisotopic (exact) mass is 380 g/mol. The molecule has 2 aliphatic rings. The van der Waals surface area contributed by atoms with Crippen molar-refractivity contribution < 1.29 is 19.4 Å². The molecule has 1 aliphatic carbocycles. The lowest BCUT2D eigenvalue weighted by molar-refractivity contribution is -0.151. The maximum absolute atomic E-state index is 12.5. The molecule has 1 aliphatic heterocycles. The molecule has 23 heavy (non-hydrogen) atoms. The van der Waals surface area contributed by atoms with Gasteiger partial charge >= 0.3 is 5.97 Å². The molecule has 1 saturated carbocycles. The van der Waals surface area contributed by atoms with Crippen molar-refractivity contribution in [2.45, 2.75) is 51.2 Å². The number of hydrogen-bond acceptors (Lipinski definition) is 4. The Labute approximate surface area is 144 Å². The summed E-state index contributed by atoms with van der Waals surface area (Å²) < 4.78 is 12.0. The van der Waals surface area contributed by atoms with Crippen molar-refractivity contribution in [3.05, 3.63) is 39.1 Å². The van der Waals surface area contributed by atoms with E-state index < -0.39 is 11.6 Å². The number of carbonyl (C=O) groups is 1. The number of methoxy groups -OCH3 is 1. The molecule has 1 aromatic rings. The van der Waals surface area contributed by atoms with E-state index in [1.807, 2.05) is 26.0 Å². The molecule has 3 rings (SSSR count). The number of carbonyl (C=O) groups excluding carboxylic acids is 1. The molecule has 0 saturated heterocycles. The molecule has 0 radical (unpaired) electrons. The zero-order valence-corrected chi connectivity index (χ0v) is 15.2. The standard InChI is InChI=1S/C18H21BrO4/c1-10-9-14(19)11(2)8-13(10)15-16(20)18(23-17(15)21)6-4-12(22-3)5-7-18/h8-9,12,20H,4-7H2,1-3H3. The van der Waals surface area contributed by atoms with Crippen LogP contribution < -0.4 is 0 Å². The number of esters is 1. The lowest BCUT2D eigenvalue weighted by Crippen LogP contribution is -2.38. The van der Waals surface area contributed by atoms with Gasteiger partial charge in [-0.25, -0.2) is 4.79 Å². The Morgan fingerprint density at radius 2 is 1.91 bits per heavy atom. The third-order valence-electron chi connectivity index (χ3n) is 5.01. The Balaban J connectivity index is 2.02. The van der Waals surface area contributed by atoms with Crippen LogP contribution in [-0.4, -0.2) is 29.9 Å². The number of rotatable bonds is 2. The van der Waals surface area contributed by atoms with E-state index in [1.54, 1.807) is 7.11 Å². The first kappa shape index (κ1) is 16.5. The molecule has 0 amide bonds. The third-order valence-corrected chi connectivity index (χ3v) is 5.86. The Morgan fingerprint density at radius 1 is 1.26 bits per heavy atom. The summed E-state index contributed by atoms with van der Waals surface area (Å²) >= 11 is 3.49. The fourth-order valence-electron chi connectivity index (χ4n) is 3.52. The van der Waals surface area contributed by atoms with Crippen molar-refractivity contribution in [2.75, 3.05) is 7.11 Å². The highest BCUT2D eigenvalue weighted by molar-refractivity contribution is 9.10. The average Bonchev–Trinajstić information content (AvgIpc) is 2.75. The van der Waals surface area contributed by atoms with Crippen LogP contribution in [0.4, 0.5) is 0 Å². The maximum atomic E-state index is 12.5. The lowest BCUT2D eigenvalue weighted by Gasteiger charge is -2.35. The SMILES string of the molecule is COC1CCC2(CC1)OC(=O)C(c1cc(C)c(Br)cc1C)=C2O. The van der Waals surface area contributed by atoms with E-state index in [1.165, 1.54) is 0 Å². The van der Waals surface area contributed by atoms with E-state index in [2.05, 4.69) is 15.9 Å². The third kappa shape index (κ3) is 2.70. The van der Waals surface area contributed by atoms with Crippen LogP contribution in [0.3, 0.4) is 0 Å². The van der Waals surface area contributed by atoms with Gasteiger partial charge in [0.15, 0.2) is 11.4 Å². The quantitative estimate of drug-likeness (QED) is 0.780. The second-order valence-corrected chi connectivity index (χ2v) is 7.31. The van der Waals surface area contributed by atoms with E-state index >= 15 is 0 Å². The number of aryl methyl sites for hydroxylation is 2. The van der Waals surface area contributed by atoms with Crippen LogP contribution in [-0.2, 0) is 14.3 Å². The van der Waals surface area contributed by atoms with E-state index in [0.29, 0.717) is 18.4 Å². The van der Waals surface area contributed by atoms with Gasteiger partial charge in [0, 0.05) is 11.6 Å². The molecular formula is C18H21BrO4. The van der Waals surface area contributed by atoms with Gasteiger partial charge in [0.05, 0.1) is 6.10 Å². The Kier molecular flexibility index (Phi) is 4.27. The first-order chi connectivity index (χ1) is 10.9. The molecule has 1 fully saturated rings. The van der Waals surface area contributed by atoms with Gasteiger partial charge < -0.3 is 14.6 Å². The Morgan fingerprint density at radius 3 is 2.52 bits per heavy atom. The number of ether oxygens (including phenoxy) is 2. The van der Waals surface area contributed by atoms with Crippen molar-refractivity contribution in [3.63, 3.8) is 0 Å².